The number of hydrogen-bond acceptors (Lipinski definition) is 8. The molecule has 1 amide bonds. The Hall–Kier alpha value is -3.79. The van der Waals surface area contributed by atoms with Crippen LogP contribution in [0.4, 0.5) is 9.52 Å². The van der Waals surface area contributed by atoms with Gasteiger partial charge in [0, 0.05) is 5.56 Å². The van der Waals surface area contributed by atoms with E-state index in [4.69, 9.17) is 4.74 Å². The molecule has 31 heavy (non-hydrogen) atoms. The van der Waals surface area contributed by atoms with Crippen molar-refractivity contribution < 1.29 is 28.9 Å². The Morgan fingerprint density at radius 2 is 1.97 bits per heavy atom. The molecular weight excluding hydrogens is 425 g/mol. The molecule has 158 valence electrons. The van der Waals surface area contributed by atoms with Gasteiger partial charge in [-0.3, -0.25) is 14.5 Å². The van der Waals surface area contributed by atoms with Crippen LogP contribution in [0.3, 0.4) is 0 Å². The number of phenolic OH excluding ortho intramolecular Hbond substituents is 1. The van der Waals surface area contributed by atoms with E-state index in [0.29, 0.717) is 5.56 Å². The highest BCUT2D eigenvalue weighted by atomic mass is 32.1. The zero-order valence-corrected chi connectivity index (χ0v) is 17.0. The van der Waals surface area contributed by atoms with Crippen molar-refractivity contribution in [2.75, 3.05) is 11.5 Å². The number of halogens is 1. The maximum atomic E-state index is 13.3. The topological polar surface area (TPSA) is 113 Å². The van der Waals surface area contributed by atoms with Crippen LogP contribution in [-0.4, -0.2) is 38.7 Å². The number of anilines is 1. The number of phenols is 1. The van der Waals surface area contributed by atoms with Gasteiger partial charge in [0.05, 0.1) is 18.2 Å². The maximum Gasteiger partial charge on any atom is 0.301 e. The van der Waals surface area contributed by atoms with Gasteiger partial charge in [0.25, 0.3) is 5.78 Å². The number of aromatic nitrogens is 2. The molecule has 1 aliphatic heterocycles. The fraction of sp³-hybridized carbons (Fsp3) is 0.143. The van der Waals surface area contributed by atoms with Gasteiger partial charge in [0.2, 0.25) is 5.13 Å². The van der Waals surface area contributed by atoms with Crippen molar-refractivity contribution in [2.45, 2.75) is 13.0 Å². The standard InChI is InChI=1S/C21H16FN3O5S/c1-2-30-15-9-12(5-8-14(15)26)17-16(18(27)11-3-6-13(22)7-4-11)19(28)20(29)25(17)21-24-23-10-31-21/h3-10,17,26-27H,2H2,1H3/b18-16-. The lowest BCUT2D eigenvalue weighted by molar-refractivity contribution is -0.132. The van der Waals surface area contributed by atoms with E-state index in [2.05, 4.69) is 10.2 Å². The lowest BCUT2D eigenvalue weighted by Gasteiger charge is -2.23. The second-order valence-electron chi connectivity index (χ2n) is 6.56. The molecule has 0 saturated carbocycles. The Bertz CT molecular complexity index is 1180. The zero-order valence-electron chi connectivity index (χ0n) is 16.2. The summed E-state index contributed by atoms with van der Waals surface area (Å²) in [6.07, 6.45) is 0. The van der Waals surface area contributed by atoms with E-state index in [1.165, 1.54) is 35.8 Å². The fourth-order valence-corrected chi connectivity index (χ4v) is 3.94. The van der Waals surface area contributed by atoms with Gasteiger partial charge in [0.1, 0.15) is 17.1 Å². The molecule has 1 unspecified atom stereocenters. The van der Waals surface area contributed by atoms with Gasteiger partial charge in [-0.05, 0) is 48.9 Å². The van der Waals surface area contributed by atoms with Gasteiger partial charge in [-0.1, -0.05) is 17.4 Å². The van der Waals surface area contributed by atoms with Crippen molar-refractivity contribution in [1.82, 2.24) is 10.2 Å². The number of aliphatic hydroxyl groups excluding tert-OH is 1. The minimum atomic E-state index is -1.06. The molecule has 1 fully saturated rings. The predicted octanol–water partition coefficient (Wildman–Crippen LogP) is 3.41. The number of Topliss-reactive ketones (excluding diaryl/α,β-unsaturated/α-hetero) is 1. The quantitative estimate of drug-likeness (QED) is 0.354. The summed E-state index contributed by atoms with van der Waals surface area (Å²) in [7, 11) is 0. The summed E-state index contributed by atoms with van der Waals surface area (Å²) < 4.78 is 18.8. The summed E-state index contributed by atoms with van der Waals surface area (Å²) in [6.45, 7) is 2.02. The van der Waals surface area contributed by atoms with Crippen molar-refractivity contribution in [3.05, 3.63) is 70.5 Å². The Labute approximate surface area is 179 Å². The summed E-state index contributed by atoms with van der Waals surface area (Å²) in [5.41, 5.74) is 1.79. The van der Waals surface area contributed by atoms with E-state index in [1.54, 1.807) is 6.92 Å². The van der Waals surface area contributed by atoms with Crippen molar-refractivity contribution in [1.29, 1.82) is 0 Å². The fourth-order valence-electron chi connectivity index (χ4n) is 3.35. The monoisotopic (exact) mass is 441 g/mol. The number of aliphatic hydroxyl groups is 1. The third-order valence-electron chi connectivity index (χ3n) is 4.72. The van der Waals surface area contributed by atoms with E-state index in [9.17, 15) is 24.2 Å². The number of aromatic hydroxyl groups is 1. The average Bonchev–Trinajstić information content (AvgIpc) is 3.37. The molecule has 2 N–H and O–H groups in total. The van der Waals surface area contributed by atoms with Crippen LogP contribution in [0.1, 0.15) is 24.1 Å². The largest absolute Gasteiger partial charge is 0.507 e. The van der Waals surface area contributed by atoms with E-state index in [1.807, 2.05) is 0 Å². The Morgan fingerprint density at radius 3 is 2.61 bits per heavy atom. The second-order valence-corrected chi connectivity index (χ2v) is 7.37. The van der Waals surface area contributed by atoms with Crippen molar-refractivity contribution in [3.63, 3.8) is 0 Å². The molecule has 0 bridgehead atoms. The van der Waals surface area contributed by atoms with Gasteiger partial charge < -0.3 is 14.9 Å². The molecule has 1 atom stereocenters. The van der Waals surface area contributed by atoms with Gasteiger partial charge in [-0.25, -0.2) is 4.39 Å². The highest BCUT2D eigenvalue weighted by Gasteiger charge is 2.48. The minimum Gasteiger partial charge on any atom is -0.507 e. The lowest BCUT2D eigenvalue weighted by atomic mass is 9.95. The van der Waals surface area contributed by atoms with Crippen LogP contribution < -0.4 is 9.64 Å². The van der Waals surface area contributed by atoms with Gasteiger partial charge in [-0.2, -0.15) is 0 Å². The number of nitrogens with zero attached hydrogens (tertiary/aromatic N) is 3. The molecule has 1 saturated heterocycles. The summed E-state index contributed by atoms with van der Waals surface area (Å²) in [4.78, 5) is 27.0. The van der Waals surface area contributed by atoms with Gasteiger partial charge in [-0.15, -0.1) is 10.2 Å². The molecule has 2 heterocycles. The number of benzene rings is 2. The molecule has 4 rings (SSSR count). The van der Waals surface area contributed by atoms with Crippen LogP contribution in [0.15, 0.2) is 53.5 Å². The van der Waals surface area contributed by atoms with Gasteiger partial charge >= 0.3 is 5.91 Å². The molecule has 0 spiro atoms. The molecular formula is C21H16FN3O5S. The first-order valence-corrected chi connectivity index (χ1v) is 10.1. The van der Waals surface area contributed by atoms with Crippen molar-refractivity contribution in [3.8, 4) is 11.5 Å². The van der Waals surface area contributed by atoms with Crippen LogP contribution in [0, 0.1) is 5.82 Å². The molecule has 2 aromatic carbocycles. The number of carbonyl (C=O) groups excluding carboxylic acids is 2. The number of rotatable bonds is 5. The summed E-state index contributed by atoms with van der Waals surface area (Å²) in [5.74, 6) is -2.74. The molecule has 3 aromatic rings. The first-order valence-electron chi connectivity index (χ1n) is 9.21. The second kappa shape index (κ2) is 8.15. The first-order chi connectivity index (χ1) is 14.9. The zero-order chi connectivity index (χ0) is 22.1. The number of carbonyl (C=O) groups is 2. The molecule has 1 aliphatic rings. The highest BCUT2D eigenvalue weighted by Crippen LogP contribution is 2.44. The Kier molecular flexibility index (Phi) is 5.38. The van der Waals surface area contributed by atoms with Gasteiger partial charge in [0.15, 0.2) is 11.5 Å². The number of hydrogen-bond donors (Lipinski definition) is 2. The minimum absolute atomic E-state index is 0.114. The van der Waals surface area contributed by atoms with E-state index in [-0.39, 0.29) is 34.4 Å². The van der Waals surface area contributed by atoms with Crippen LogP contribution in [0.2, 0.25) is 0 Å². The first kappa shape index (κ1) is 20.5. The normalized spacial score (nSPS) is 17.9. The maximum absolute atomic E-state index is 13.3. The predicted molar refractivity (Wildman–Crippen MR) is 110 cm³/mol. The average molecular weight is 441 g/mol. The summed E-state index contributed by atoms with van der Waals surface area (Å²) in [5, 5.41) is 28.8. The molecule has 8 nitrogen and oxygen atoms in total. The molecule has 10 heteroatoms. The molecule has 0 aliphatic carbocycles. The molecule has 1 aromatic heterocycles. The third-order valence-corrected chi connectivity index (χ3v) is 5.40. The van der Waals surface area contributed by atoms with E-state index >= 15 is 0 Å². The summed E-state index contributed by atoms with van der Waals surface area (Å²) >= 11 is 1.05. The van der Waals surface area contributed by atoms with Crippen LogP contribution in [0.5, 0.6) is 11.5 Å². The number of ether oxygens (including phenoxy) is 1. The van der Waals surface area contributed by atoms with E-state index in [0.717, 1.165) is 28.4 Å². The number of amides is 1. The summed E-state index contributed by atoms with van der Waals surface area (Å²) in [6, 6.07) is 8.21. The third kappa shape index (κ3) is 3.61. The highest BCUT2D eigenvalue weighted by molar-refractivity contribution is 7.13. The van der Waals surface area contributed by atoms with Crippen LogP contribution in [-0.2, 0) is 9.59 Å². The smallest absolute Gasteiger partial charge is 0.301 e. The van der Waals surface area contributed by atoms with Crippen molar-refractivity contribution >= 4 is 33.9 Å². The Morgan fingerprint density at radius 1 is 1.23 bits per heavy atom. The number of ketones is 1. The van der Waals surface area contributed by atoms with Crippen molar-refractivity contribution in [2.24, 2.45) is 0 Å². The van der Waals surface area contributed by atoms with Crippen LogP contribution >= 0.6 is 11.3 Å². The molecule has 0 radical (unpaired) electrons. The lowest BCUT2D eigenvalue weighted by Crippen LogP contribution is -2.29. The SMILES string of the molecule is CCOc1cc(C2/C(=C(/O)c3ccc(F)cc3)C(=O)C(=O)N2c2nncs2)ccc1O. The van der Waals surface area contributed by atoms with E-state index < -0.39 is 29.3 Å². The van der Waals surface area contributed by atoms with Crippen LogP contribution in [0.25, 0.3) is 5.76 Å². The Balaban J connectivity index is 1.94.